The molecule has 44 heavy (non-hydrogen) atoms. The highest BCUT2D eigenvalue weighted by Crippen LogP contribution is 2.27. The Kier molecular flexibility index (Phi) is 20.5. The molecule has 0 unspecified atom stereocenters. The molecular formula is C34H47Cl2N5O3. The number of rotatable bonds is 3. The van der Waals surface area contributed by atoms with Crippen molar-refractivity contribution >= 4 is 41.0 Å². The third-order valence-electron chi connectivity index (χ3n) is 5.56. The van der Waals surface area contributed by atoms with E-state index in [9.17, 15) is 14.4 Å². The van der Waals surface area contributed by atoms with E-state index in [1.165, 1.54) is 10.6 Å². The van der Waals surface area contributed by atoms with Crippen LogP contribution >= 0.6 is 23.2 Å². The smallest absolute Gasteiger partial charge is 0.321 e. The Morgan fingerprint density at radius 1 is 0.932 bits per heavy atom. The van der Waals surface area contributed by atoms with Gasteiger partial charge in [-0.3, -0.25) is 14.3 Å². The van der Waals surface area contributed by atoms with E-state index in [2.05, 4.69) is 22.5 Å². The number of amides is 4. The summed E-state index contributed by atoms with van der Waals surface area (Å²) in [4.78, 5) is 34.8. The highest BCUT2D eigenvalue weighted by atomic mass is 35.5. The maximum absolute atomic E-state index is 11.6. The maximum atomic E-state index is 11.6. The van der Waals surface area contributed by atoms with Crippen molar-refractivity contribution in [3.05, 3.63) is 117 Å². The van der Waals surface area contributed by atoms with E-state index in [0.29, 0.717) is 15.7 Å². The Morgan fingerprint density at radius 3 is 1.86 bits per heavy atom. The number of halogens is 2. The second kappa shape index (κ2) is 22.5. The number of nitrogens with zero attached hydrogens (tertiary/aromatic N) is 2. The minimum Gasteiger partial charge on any atom is -0.341 e. The lowest BCUT2D eigenvalue weighted by Crippen LogP contribution is -2.46. The van der Waals surface area contributed by atoms with Crippen LogP contribution < -0.4 is 26.4 Å². The molecule has 2 aromatic carbocycles. The quantitative estimate of drug-likeness (QED) is 0.252. The minimum absolute atomic E-state index is 0.0630. The molecule has 4 amide bonds. The summed E-state index contributed by atoms with van der Waals surface area (Å²) < 4.78 is 1.53. The fraction of sp³-hybridized carbons (Fsp3) is 0.324. The first-order valence-electron chi connectivity index (χ1n) is 14.4. The van der Waals surface area contributed by atoms with Crippen molar-refractivity contribution in [3.63, 3.8) is 0 Å². The van der Waals surface area contributed by atoms with Crippen LogP contribution in [0.5, 0.6) is 0 Å². The highest BCUT2D eigenvalue weighted by Gasteiger charge is 2.20. The fourth-order valence-corrected chi connectivity index (χ4v) is 4.20. The van der Waals surface area contributed by atoms with Crippen molar-refractivity contribution in [2.45, 2.75) is 48.0 Å². The first-order chi connectivity index (χ1) is 20.9. The molecule has 1 aliphatic rings. The first kappa shape index (κ1) is 40.0. The van der Waals surface area contributed by atoms with E-state index in [4.69, 9.17) is 23.2 Å². The van der Waals surface area contributed by atoms with Crippen LogP contribution in [-0.2, 0) is 0 Å². The van der Waals surface area contributed by atoms with Gasteiger partial charge < -0.3 is 16.0 Å². The van der Waals surface area contributed by atoms with Gasteiger partial charge in [0.05, 0.1) is 21.4 Å². The van der Waals surface area contributed by atoms with Gasteiger partial charge in [0.1, 0.15) is 0 Å². The number of carbonyl (C=O) groups excluding carboxylic acids is 2. The van der Waals surface area contributed by atoms with Gasteiger partial charge in [0, 0.05) is 39.4 Å². The van der Waals surface area contributed by atoms with Crippen LogP contribution in [0.1, 0.15) is 45.2 Å². The zero-order valence-corrected chi connectivity index (χ0v) is 28.6. The molecular weight excluding hydrogens is 597 g/mol. The predicted molar refractivity (Wildman–Crippen MR) is 188 cm³/mol. The summed E-state index contributed by atoms with van der Waals surface area (Å²) in [5, 5.41) is 8.75. The van der Waals surface area contributed by atoms with Gasteiger partial charge in [-0.25, -0.2) is 9.59 Å². The van der Waals surface area contributed by atoms with Gasteiger partial charge in [0.15, 0.2) is 0 Å². The lowest BCUT2D eigenvalue weighted by Gasteiger charge is -2.28. The Labute approximate surface area is 272 Å². The standard InChI is InChI=1S/C12H10ClNO.C11H13ClN2O.C6H10.C3H8N2O.C2H6/c1-9-5-6-11(10(13)8-9)14-7-3-2-4-12(14)15;1-8-3-4-10(9(12)7-8)14-6-2-5-13-11(14)15;1-4-5-6(2)3;1-4-3(6)5-2;1-2/h2-8H,1H3;3-4,7H,2,5-6H2,1H3,(H,13,15);4-5H,2H2,1,3H3;1-2H3,(H2,4,5,6);1-2H3/b;;5-4-;;. The van der Waals surface area contributed by atoms with Crippen LogP contribution in [0, 0.1) is 13.8 Å². The Balaban J connectivity index is 0.000000598. The van der Waals surface area contributed by atoms with Crippen LogP contribution in [0.3, 0.4) is 0 Å². The summed E-state index contributed by atoms with van der Waals surface area (Å²) >= 11 is 12.2. The number of anilines is 1. The normalized spacial score (nSPS) is 11.5. The van der Waals surface area contributed by atoms with Crippen molar-refractivity contribution in [2.24, 2.45) is 0 Å². The molecule has 4 rings (SSSR count). The molecule has 2 heterocycles. The number of pyridine rings is 1. The van der Waals surface area contributed by atoms with Gasteiger partial charge in [-0.1, -0.05) is 79.6 Å². The maximum Gasteiger partial charge on any atom is 0.321 e. The van der Waals surface area contributed by atoms with Gasteiger partial charge in [0.2, 0.25) is 0 Å². The average molecular weight is 645 g/mol. The Hall–Kier alpha value is -4.01. The molecule has 240 valence electrons. The van der Waals surface area contributed by atoms with E-state index in [1.807, 2.05) is 90.1 Å². The minimum atomic E-state index is -0.157. The summed E-state index contributed by atoms with van der Waals surface area (Å²) in [6.45, 7) is 17.0. The molecule has 1 saturated heterocycles. The molecule has 0 saturated carbocycles. The SMILES string of the molecule is C=C(C)/C=C\C.CC.CNC(=O)NC.Cc1ccc(-n2ccccc2=O)c(Cl)c1.Cc1ccc(N2CCCNC2=O)c(Cl)c1. The molecule has 0 atom stereocenters. The van der Waals surface area contributed by atoms with E-state index < -0.39 is 0 Å². The zero-order chi connectivity index (χ0) is 33.7. The summed E-state index contributed by atoms with van der Waals surface area (Å²) in [6, 6.07) is 16.1. The molecule has 1 fully saturated rings. The number of carbonyl (C=O) groups is 2. The Morgan fingerprint density at radius 2 is 1.48 bits per heavy atom. The van der Waals surface area contributed by atoms with Crippen LogP contribution in [-0.4, -0.2) is 43.8 Å². The molecule has 3 N–H and O–H groups in total. The van der Waals surface area contributed by atoms with Gasteiger partial charge in [-0.05, 0) is 75.6 Å². The third kappa shape index (κ3) is 14.9. The van der Waals surface area contributed by atoms with Crippen molar-refractivity contribution in [2.75, 3.05) is 32.1 Å². The summed E-state index contributed by atoms with van der Waals surface area (Å²) in [6.07, 6.45) is 6.61. The number of benzene rings is 2. The van der Waals surface area contributed by atoms with Crippen LogP contribution in [0.4, 0.5) is 15.3 Å². The van der Waals surface area contributed by atoms with Crippen LogP contribution in [0.15, 0.2) is 89.9 Å². The summed E-state index contributed by atoms with van der Waals surface area (Å²) in [7, 11) is 3.14. The molecule has 3 aromatic rings. The molecule has 1 aliphatic heterocycles. The number of urea groups is 2. The predicted octanol–water partition coefficient (Wildman–Crippen LogP) is 8.08. The van der Waals surface area contributed by atoms with Crippen molar-refractivity contribution in [1.82, 2.24) is 20.5 Å². The number of hydrogen-bond acceptors (Lipinski definition) is 3. The van der Waals surface area contributed by atoms with Gasteiger partial charge >= 0.3 is 12.1 Å². The second-order valence-corrected chi connectivity index (χ2v) is 10.0. The number of nitrogens with one attached hydrogen (secondary N) is 3. The largest absolute Gasteiger partial charge is 0.341 e. The first-order valence-corrected chi connectivity index (χ1v) is 15.1. The molecule has 1 aromatic heterocycles. The molecule has 0 spiro atoms. The van der Waals surface area contributed by atoms with Crippen molar-refractivity contribution in [1.29, 1.82) is 0 Å². The van der Waals surface area contributed by atoms with Crippen molar-refractivity contribution in [3.8, 4) is 5.69 Å². The second-order valence-electron chi connectivity index (χ2n) is 9.23. The topological polar surface area (TPSA) is 95.5 Å². The van der Waals surface area contributed by atoms with Crippen LogP contribution in [0.25, 0.3) is 5.69 Å². The average Bonchev–Trinajstić information content (AvgIpc) is 3.00. The Bertz CT molecular complexity index is 1410. The molecule has 8 nitrogen and oxygen atoms in total. The highest BCUT2D eigenvalue weighted by molar-refractivity contribution is 6.34. The van der Waals surface area contributed by atoms with Crippen LogP contribution in [0.2, 0.25) is 10.0 Å². The molecule has 0 radical (unpaired) electrons. The summed E-state index contributed by atoms with van der Waals surface area (Å²) in [5.41, 5.74) is 4.71. The molecule has 10 heteroatoms. The number of hydrogen-bond donors (Lipinski definition) is 3. The lowest BCUT2D eigenvalue weighted by molar-refractivity contribution is 0.242. The van der Waals surface area contributed by atoms with Gasteiger partial charge in [0.25, 0.3) is 5.56 Å². The zero-order valence-electron chi connectivity index (χ0n) is 27.1. The third-order valence-corrected chi connectivity index (χ3v) is 6.17. The molecule has 0 bridgehead atoms. The van der Waals surface area contributed by atoms with Gasteiger partial charge in [-0.15, -0.1) is 0 Å². The van der Waals surface area contributed by atoms with Crippen molar-refractivity contribution < 1.29 is 9.59 Å². The van der Waals surface area contributed by atoms with E-state index in [-0.39, 0.29) is 17.6 Å². The number of aryl methyl sites for hydroxylation is 2. The van der Waals surface area contributed by atoms with Gasteiger partial charge in [-0.2, -0.15) is 0 Å². The fourth-order valence-electron chi connectivity index (χ4n) is 3.53. The lowest BCUT2D eigenvalue weighted by atomic mass is 10.2. The summed E-state index contributed by atoms with van der Waals surface area (Å²) in [5.74, 6) is 0. The molecule has 0 aliphatic carbocycles. The monoisotopic (exact) mass is 643 g/mol. The van der Waals surface area contributed by atoms with E-state index in [1.54, 1.807) is 37.3 Å². The number of aromatic nitrogens is 1. The van der Waals surface area contributed by atoms with E-state index >= 15 is 0 Å². The number of allylic oxidation sites excluding steroid dienone is 3. The van der Waals surface area contributed by atoms with E-state index in [0.717, 1.165) is 41.9 Å².